The molecule has 0 bridgehead atoms. The zero-order valence-electron chi connectivity index (χ0n) is 8.92. The van der Waals surface area contributed by atoms with E-state index in [1.54, 1.807) is 19.5 Å². The van der Waals surface area contributed by atoms with Crippen molar-refractivity contribution in [3.05, 3.63) is 42.2 Å². The summed E-state index contributed by atoms with van der Waals surface area (Å²) in [6.07, 6.45) is 3.22. The fourth-order valence-corrected chi connectivity index (χ4v) is 1.40. The van der Waals surface area contributed by atoms with E-state index in [1.807, 2.05) is 24.3 Å². The summed E-state index contributed by atoms with van der Waals surface area (Å²) in [6, 6.07) is 7.55. The number of hydrogen-bond donors (Lipinski definition) is 1. The minimum absolute atomic E-state index is 0.0252. The number of ether oxygens (including phenoxy) is 1. The lowest BCUT2D eigenvalue weighted by Crippen LogP contribution is -1.91. The molecule has 1 aromatic carbocycles. The van der Waals surface area contributed by atoms with Gasteiger partial charge in [-0.2, -0.15) is 0 Å². The molecule has 0 saturated heterocycles. The van der Waals surface area contributed by atoms with Crippen molar-refractivity contribution in [2.75, 3.05) is 7.11 Å². The van der Waals surface area contributed by atoms with Gasteiger partial charge in [0.25, 0.3) is 0 Å². The molecule has 0 saturated carbocycles. The Labute approximate surface area is 93.6 Å². The van der Waals surface area contributed by atoms with Gasteiger partial charge in [0, 0.05) is 5.56 Å². The van der Waals surface area contributed by atoms with Crippen LogP contribution in [0, 0.1) is 0 Å². The van der Waals surface area contributed by atoms with E-state index in [1.165, 1.54) is 0 Å². The second-order valence-electron chi connectivity index (χ2n) is 3.30. The number of nitrogens with zero attached hydrogens (tertiary/aromatic N) is 2. The van der Waals surface area contributed by atoms with Crippen LogP contribution in [0.3, 0.4) is 0 Å². The molecule has 2 rings (SSSR count). The van der Waals surface area contributed by atoms with Crippen LogP contribution in [0.15, 0.2) is 36.7 Å². The summed E-state index contributed by atoms with van der Waals surface area (Å²) in [5.41, 5.74) is 2.55. The van der Waals surface area contributed by atoms with Crippen LogP contribution in [0.2, 0.25) is 0 Å². The molecule has 0 aliphatic heterocycles. The second kappa shape index (κ2) is 4.72. The normalized spacial score (nSPS) is 10.1. The van der Waals surface area contributed by atoms with Crippen molar-refractivity contribution in [3.63, 3.8) is 0 Å². The van der Waals surface area contributed by atoms with Gasteiger partial charge in [0.15, 0.2) is 0 Å². The summed E-state index contributed by atoms with van der Waals surface area (Å²) in [6.45, 7) is 0.0252. The third-order valence-electron chi connectivity index (χ3n) is 2.24. The highest BCUT2D eigenvalue weighted by Gasteiger charge is 2.01. The first-order valence-electron chi connectivity index (χ1n) is 4.89. The lowest BCUT2D eigenvalue weighted by Gasteiger charge is -2.03. The monoisotopic (exact) mass is 216 g/mol. The largest absolute Gasteiger partial charge is 0.480 e. The van der Waals surface area contributed by atoms with Gasteiger partial charge in [-0.25, -0.2) is 9.97 Å². The molecule has 1 N–H and O–H groups in total. The van der Waals surface area contributed by atoms with Gasteiger partial charge in [-0.1, -0.05) is 18.2 Å². The lowest BCUT2D eigenvalue weighted by molar-refractivity contribution is 0.282. The van der Waals surface area contributed by atoms with Crippen LogP contribution in [-0.2, 0) is 6.61 Å². The maximum Gasteiger partial charge on any atom is 0.232 e. The maximum atomic E-state index is 9.04. The molecule has 82 valence electrons. The van der Waals surface area contributed by atoms with Crippen LogP contribution in [0.25, 0.3) is 11.3 Å². The molecular weight excluding hydrogens is 204 g/mol. The summed E-state index contributed by atoms with van der Waals surface area (Å²) in [5, 5.41) is 9.04. The third kappa shape index (κ3) is 2.17. The van der Waals surface area contributed by atoms with Crippen molar-refractivity contribution in [1.29, 1.82) is 0 Å². The first kappa shape index (κ1) is 10.6. The number of rotatable bonds is 3. The standard InChI is InChI=1S/C12H12N2O2/c1-16-12-7-13-11(6-14-12)10-4-2-3-9(5-10)8-15/h2-7,15H,8H2,1H3. The molecule has 2 aromatic rings. The van der Waals surface area contributed by atoms with Gasteiger partial charge in [-0.15, -0.1) is 0 Å². The van der Waals surface area contributed by atoms with E-state index < -0.39 is 0 Å². The Balaban J connectivity index is 2.34. The highest BCUT2D eigenvalue weighted by Crippen LogP contribution is 2.18. The number of aliphatic hydroxyl groups excluding tert-OH is 1. The summed E-state index contributed by atoms with van der Waals surface area (Å²) < 4.78 is 4.94. The topological polar surface area (TPSA) is 55.2 Å². The van der Waals surface area contributed by atoms with Gasteiger partial charge in [0.2, 0.25) is 5.88 Å². The predicted octanol–water partition coefficient (Wildman–Crippen LogP) is 1.64. The van der Waals surface area contributed by atoms with Crippen LogP contribution in [0.1, 0.15) is 5.56 Å². The molecule has 0 atom stereocenters. The molecule has 0 aliphatic carbocycles. The second-order valence-corrected chi connectivity index (χ2v) is 3.30. The zero-order valence-corrected chi connectivity index (χ0v) is 8.92. The van der Waals surface area contributed by atoms with Gasteiger partial charge in [-0.3, -0.25) is 0 Å². The average molecular weight is 216 g/mol. The van der Waals surface area contributed by atoms with Crippen molar-refractivity contribution in [2.45, 2.75) is 6.61 Å². The maximum absolute atomic E-state index is 9.04. The molecule has 16 heavy (non-hydrogen) atoms. The lowest BCUT2D eigenvalue weighted by atomic mass is 10.1. The van der Waals surface area contributed by atoms with E-state index in [-0.39, 0.29) is 6.61 Å². The molecule has 0 spiro atoms. The molecule has 0 aliphatic rings. The molecule has 0 fully saturated rings. The Morgan fingerprint density at radius 1 is 1.25 bits per heavy atom. The van der Waals surface area contributed by atoms with Crippen molar-refractivity contribution in [3.8, 4) is 17.1 Å². The Morgan fingerprint density at radius 2 is 2.12 bits per heavy atom. The number of hydrogen-bond acceptors (Lipinski definition) is 4. The SMILES string of the molecule is COc1cnc(-c2cccc(CO)c2)cn1. The molecule has 4 nitrogen and oxygen atoms in total. The quantitative estimate of drug-likeness (QED) is 0.847. The summed E-state index contributed by atoms with van der Waals surface area (Å²) in [7, 11) is 1.55. The first-order chi connectivity index (χ1) is 7.83. The van der Waals surface area contributed by atoms with E-state index in [0.717, 1.165) is 16.8 Å². The van der Waals surface area contributed by atoms with Crippen molar-refractivity contribution in [2.24, 2.45) is 0 Å². The Kier molecular flexibility index (Phi) is 3.12. The minimum Gasteiger partial charge on any atom is -0.480 e. The Hall–Kier alpha value is -1.94. The molecule has 1 heterocycles. The van der Waals surface area contributed by atoms with Gasteiger partial charge < -0.3 is 9.84 Å². The highest BCUT2D eigenvalue weighted by molar-refractivity contribution is 5.59. The van der Waals surface area contributed by atoms with Crippen molar-refractivity contribution >= 4 is 0 Å². The summed E-state index contributed by atoms with van der Waals surface area (Å²) >= 11 is 0. The first-order valence-corrected chi connectivity index (χ1v) is 4.89. The van der Waals surface area contributed by atoms with Gasteiger partial charge in [0.05, 0.1) is 31.8 Å². The fourth-order valence-electron chi connectivity index (χ4n) is 1.40. The number of benzene rings is 1. The van der Waals surface area contributed by atoms with Gasteiger partial charge >= 0.3 is 0 Å². The number of aromatic nitrogens is 2. The van der Waals surface area contributed by atoms with Crippen LogP contribution < -0.4 is 4.74 Å². The summed E-state index contributed by atoms with van der Waals surface area (Å²) in [4.78, 5) is 8.31. The molecule has 0 amide bonds. The van der Waals surface area contributed by atoms with E-state index in [9.17, 15) is 0 Å². The average Bonchev–Trinajstić information content (AvgIpc) is 2.39. The highest BCUT2D eigenvalue weighted by atomic mass is 16.5. The summed E-state index contributed by atoms with van der Waals surface area (Å²) in [5.74, 6) is 0.488. The van der Waals surface area contributed by atoms with Crippen molar-refractivity contribution < 1.29 is 9.84 Å². The van der Waals surface area contributed by atoms with Crippen LogP contribution >= 0.6 is 0 Å². The molecular formula is C12H12N2O2. The van der Waals surface area contributed by atoms with Crippen LogP contribution in [0.4, 0.5) is 0 Å². The third-order valence-corrected chi connectivity index (χ3v) is 2.24. The molecule has 4 heteroatoms. The van der Waals surface area contributed by atoms with Gasteiger partial charge in [0.1, 0.15) is 0 Å². The Bertz CT molecular complexity index is 469. The van der Waals surface area contributed by atoms with Gasteiger partial charge in [-0.05, 0) is 11.6 Å². The number of methoxy groups -OCH3 is 1. The number of aliphatic hydroxyl groups is 1. The predicted molar refractivity (Wildman–Crippen MR) is 59.9 cm³/mol. The molecule has 0 unspecified atom stereocenters. The molecule has 1 aromatic heterocycles. The van der Waals surface area contributed by atoms with Crippen molar-refractivity contribution in [1.82, 2.24) is 9.97 Å². The van der Waals surface area contributed by atoms with Crippen LogP contribution in [-0.4, -0.2) is 22.2 Å². The minimum atomic E-state index is 0.0252. The van der Waals surface area contributed by atoms with E-state index in [0.29, 0.717) is 5.88 Å². The smallest absolute Gasteiger partial charge is 0.232 e. The fraction of sp³-hybridized carbons (Fsp3) is 0.167. The van der Waals surface area contributed by atoms with Crippen LogP contribution in [0.5, 0.6) is 5.88 Å². The van der Waals surface area contributed by atoms with E-state index >= 15 is 0 Å². The Morgan fingerprint density at radius 3 is 2.75 bits per heavy atom. The molecule has 0 radical (unpaired) electrons. The van der Waals surface area contributed by atoms with E-state index in [2.05, 4.69) is 9.97 Å². The zero-order chi connectivity index (χ0) is 11.4. The van der Waals surface area contributed by atoms with E-state index in [4.69, 9.17) is 9.84 Å².